The zero-order valence-corrected chi connectivity index (χ0v) is 18.6. The van der Waals surface area contributed by atoms with E-state index in [1.807, 2.05) is 6.07 Å². The van der Waals surface area contributed by atoms with Gasteiger partial charge in [0.2, 0.25) is 0 Å². The Hall–Kier alpha value is -1.25. The molecule has 1 aromatic heterocycles. The summed E-state index contributed by atoms with van der Waals surface area (Å²) in [5, 5.41) is 0. The molecule has 0 aliphatic heterocycles. The van der Waals surface area contributed by atoms with E-state index in [1.54, 1.807) is 12.5 Å². The maximum absolute atomic E-state index is 11.3. The fraction of sp³-hybridized carbons (Fsp3) is 0.800. The van der Waals surface area contributed by atoms with Crippen LogP contribution in [0.1, 0.15) is 135 Å². The smallest absolute Gasteiger partial charge is 0.303 e. The van der Waals surface area contributed by atoms with Crippen molar-refractivity contribution >= 4 is 5.97 Å². The van der Waals surface area contributed by atoms with Crippen molar-refractivity contribution in [2.45, 2.75) is 129 Å². The highest BCUT2D eigenvalue weighted by Crippen LogP contribution is 2.25. The van der Waals surface area contributed by atoms with Crippen molar-refractivity contribution in [3.05, 3.63) is 24.2 Å². The van der Waals surface area contributed by atoms with E-state index in [-0.39, 0.29) is 12.1 Å². The Morgan fingerprint density at radius 3 is 1.68 bits per heavy atom. The lowest BCUT2D eigenvalue weighted by atomic mass is 10.0. The molecule has 0 radical (unpaired) electrons. The maximum atomic E-state index is 11.3. The number of hydrogen-bond acceptors (Lipinski definition) is 3. The number of furan rings is 1. The Balaban J connectivity index is 1.86. The molecule has 1 aromatic rings. The second kappa shape index (κ2) is 17.8. The van der Waals surface area contributed by atoms with Crippen molar-refractivity contribution in [1.82, 2.24) is 0 Å². The molecule has 0 aliphatic carbocycles. The molecule has 0 fully saturated rings. The van der Waals surface area contributed by atoms with Crippen molar-refractivity contribution in [1.29, 1.82) is 0 Å². The summed E-state index contributed by atoms with van der Waals surface area (Å²) in [5.41, 5.74) is 0.969. The van der Waals surface area contributed by atoms with Crippen LogP contribution in [-0.4, -0.2) is 5.97 Å². The Morgan fingerprint density at radius 1 is 0.821 bits per heavy atom. The summed E-state index contributed by atoms with van der Waals surface area (Å²) in [7, 11) is 0. The molecular weight excluding hydrogens is 348 g/mol. The summed E-state index contributed by atoms with van der Waals surface area (Å²) in [6.07, 6.45) is 26.0. The summed E-state index contributed by atoms with van der Waals surface area (Å²) in [4.78, 5) is 11.3. The largest absolute Gasteiger partial charge is 0.472 e. The SMILES string of the molecule is CCCCCCCCCCCCCCCCCCC(OC(C)=O)c1ccoc1. The van der Waals surface area contributed by atoms with Gasteiger partial charge in [-0.2, -0.15) is 0 Å². The van der Waals surface area contributed by atoms with Gasteiger partial charge in [0.15, 0.2) is 0 Å². The molecule has 3 nitrogen and oxygen atoms in total. The standard InChI is InChI=1S/C25H44O3/c1-3-4-5-6-7-8-9-10-11-12-13-14-15-16-17-18-19-25(28-23(2)26)24-20-21-27-22-24/h20-22,25H,3-19H2,1-2H3. The lowest BCUT2D eigenvalue weighted by molar-refractivity contribution is -0.147. The van der Waals surface area contributed by atoms with E-state index < -0.39 is 0 Å². The highest BCUT2D eigenvalue weighted by Gasteiger charge is 2.15. The molecular formula is C25H44O3. The van der Waals surface area contributed by atoms with Gasteiger partial charge in [-0.15, -0.1) is 0 Å². The second-order valence-electron chi connectivity index (χ2n) is 8.25. The summed E-state index contributed by atoms with van der Waals surface area (Å²) < 4.78 is 10.5. The van der Waals surface area contributed by atoms with Gasteiger partial charge in [-0.3, -0.25) is 4.79 Å². The molecule has 1 unspecified atom stereocenters. The van der Waals surface area contributed by atoms with Gasteiger partial charge in [-0.25, -0.2) is 0 Å². The second-order valence-corrected chi connectivity index (χ2v) is 8.25. The van der Waals surface area contributed by atoms with Gasteiger partial charge in [0, 0.05) is 12.5 Å². The molecule has 0 bridgehead atoms. The Labute approximate surface area is 173 Å². The van der Waals surface area contributed by atoms with Crippen LogP contribution in [0.5, 0.6) is 0 Å². The molecule has 0 aliphatic rings. The average molecular weight is 393 g/mol. The first-order chi connectivity index (χ1) is 13.7. The molecule has 1 heterocycles. The van der Waals surface area contributed by atoms with E-state index in [4.69, 9.17) is 9.15 Å². The highest BCUT2D eigenvalue weighted by molar-refractivity contribution is 5.66. The first kappa shape index (κ1) is 24.8. The fourth-order valence-corrected chi connectivity index (χ4v) is 3.83. The van der Waals surface area contributed by atoms with Gasteiger partial charge in [0.25, 0.3) is 0 Å². The molecule has 0 aromatic carbocycles. The minimum atomic E-state index is -0.220. The van der Waals surface area contributed by atoms with Gasteiger partial charge < -0.3 is 9.15 Å². The normalized spacial score (nSPS) is 12.2. The Morgan fingerprint density at radius 2 is 1.29 bits per heavy atom. The zero-order valence-electron chi connectivity index (χ0n) is 18.6. The Bertz CT molecular complexity index is 452. The number of carbonyl (C=O) groups is 1. The van der Waals surface area contributed by atoms with E-state index in [0.717, 1.165) is 18.4 Å². The van der Waals surface area contributed by atoms with Crippen molar-refractivity contribution in [3.63, 3.8) is 0 Å². The molecule has 0 spiro atoms. The van der Waals surface area contributed by atoms with Crippen molar-refractivity contribution < 1.29 is 13.9 Å². The number of carbonyl (C=O) groups excluding carboxylic acids is 1. The highest BCUT2D eigenvalue weighted by atomic mass is 16.5. The number of ether oxygens (including phenoxy) is 1. The third-order valence-electron chi connectivity index (χ3n) is 5.54. The predicted molar refractivity (Wildman–Crippen MR) is 117 cm³/mol. The van der Waals surface area contributed by atoms with Gasteiger partial charge in [-0.1, -0.05) is 103 Å². The van der Waals surface area contributed by atoms with Crippen LogP contribution in [-0.2, 0) is 9.53 Å². The van der Waals surface area contributed by atoms with Crippen LogP contribution in [0.4, 0.5) is 0 Å². The quantitative estimate of drug-likeness (QED) is 0.175. The van der Waals surface area contributed by atoms with Crippen LogP contribution in [0.25, 0.3) is 0 Å². The molecule has 162 valence electrons. The van der Waals surface area contributed by atoms with Crippen LogP contribution in [0, 0.1) is 0 Å². The number of hydrogen-bond donors (Lipinski definition) is 0. The van der Waals surface area contributed by atoms with E-state index in [0.29, 0.717) is 0 Å². The first-order valence-corrected chi connectivity index (χ1v) is 11.9. The fourth-order valence-electron chi connectivity index (χ4n) is 3.83. The zero-order chi connectivity index (χ0) is 20.3. The van der Waals surface area contributed by atoms with Crippen LogP contribution >= 0.6 is 0 Å². The molecule has 0 saturated heterocycles. The van der Waals surface area contributed by atoms with E-state index in [2.05, 4.69) is 6.92 Å². The lowest BCUT2D eigenvalue weighted by Gasteiger charge is -2.15. The van der Waals surface area contributed by atoms with Crippen LogP contribution < -0.4 is 0 Å². The molecule has 0 saturated carbocycles. The molecule has 3 heteroatoms. The minimum Gasteiger partial charge on any atom is -0.472 e. The minimum absolute atomic E-state index is 0.150. The van der Waals surface area contributed by atoms with E-state index in [1.165, 1.54) is 103 Å². The third-order valence-corrected chi connectivity index (χ3v) is 5.54. The monoisotopic (exact) mass is 392 g/mol. The van der Waals surface area contributed by atoms with Gasteiger partial charge in [0.1, 0.15) is 6.10 Å². The van der Waals surface area contributed by atoms with Crippen LogP contribution in [0.3, 0.4) is 0 Å². The average Bonchev–Trinajstić information content (AvgIpc) is 3.21. The van der Waals surface area contributed by atoms with Crippen molar-refractivity contribution in [3.8, 4) is 0 Å². The van der Waals surface area contributed by atoms with Gasteiger partial charge >= 0.3 is 5.97 Å². The van der Waals surface area contributed by atoms with E-state index in [9.17, 15) is 4.79 Å². The van der Waals surface area contributed by atoms with Crippen LogP contribution in [0.2, 0.25) is 0 Å². The van der Waals surface area contributed by atoms with Gasteiger partial charge in [-0.05, 0) is 18.9 Å². The Kier molecular flexibility index (Phi) is 15.8. The molecule has 1 rings (SSSR count). The summed E-state index contributed by atoms with van der Waals surface area (Å²) >= 11 is 0. The third kappa shape index (κ3) is 13.8. The molecule has 0 amide bonds. The lowest BCUT2D eigenvalue weighted by Crippen LogP contribution is -2.07. The maximum Gasteiger partial charge on any atom is 0.303 e. The first-order valence-electron chi connectivity index (χ1n) is 11.9. The molecule has 0 N–H and O–H groups in total. The van der Waals surface area contributed by atoms with Crippen molar-refractivity contribution in [2.75, 3.05) is 0 Å². The number of unbranched alkanes of at least 4 members (excludes halogenated alkanes) is 15. The number of rotatable bonds is 19. The topological polar surface area (TPSA) is 39.4 Å². The van der Waals surface area contributed by atoms with Crippen molar-refractivity contribution in [2.24, 2.45) is 0 Å². The van der Waals surface area contributed by atoms with Crippen LogP contribution in [0.15, 0.2) is 23.0 Å². The van der Waals surface area contributed by atoms with E-state index >= 15 is 0 Å². The predicted octanol–water partition coefficient (Wildman–Crippen LogP) is 8.54. The number of esters is 1. The summed E-state index contributed by atoms with van der Waals surface area (Å²) in [6, 6.07) is 1.89. The molecule has 1 atom stereocenters. The van der Waals surface area contributed by atoms with Gasteiger partial charge in [0.05, 0.1) is 12.5 Å². The summed E-state index contributed by atoms with van der Waals surface area (Å²) in [5.74, 6) is -0.220. The molecule has 28 heavy (non-hydrogen) atoms. The summed E-state index contributed by atoms with van der Waals surface area (Å²) in [6.45, 7) is 3.75.